The molecule has 0 saturated carbocycles. The van der Waals surface area contributed by atoms with Gasteiger partial charge in [-0.1, -0.05) is 19.9 Å². The van der Waals surface area contributed by atoms with Gasteiger partial charge in [-0.15, -0.1) is 0 Å². The second kappa shape index (κ2) is 8.17. The Morgan fingerprint density at radius 2 is 2.05 bits per heavy atom. The lowest BCUT2D eigenvalue weighted by Crippen LogP contribution is -2.25. The van der Waals surface area contributed by atoms with Crippen LogP contribution in [0.3, 0.4) is 0 Å². The van der Waals surface area contributed by atoms with E-state index in [0.29, 0.717) is 5.75 Å². The van der Waals surface area contributed by atoms with Crippen molar-refractivity contribution in [2.45, 2.75) is 19.6 Å². The highest BCUT2D eigenvalue weighted by Gasteiger charge is 2.10. The summed E-state index contributed by atoms with van der Waals surface area (Å²) >= 11 is 1.73. The number of nitrogens with zero attached hydrogens (tertiary/aromatic N) is 1. The first-order valence-electron chi connectivity index (χ1n) is 6.40. The molecule has 3 nitrogen and oxygen atoms in total. The van der Waals surface area contributed by atoms with Gasteiger partial charge in [0.1, 0.15) is 5.82 Å². The quantitative estimate of drug-likeness (QED) is 0.745. The predicted octanol–water partition coefficient (Wildman–Crippen LogP) is 3.10. The van der Waals surface area contributed by atoms with E-state index in [1.165, 1.54) is 12.1 Å². The third-order valence-corrected chi connectivity index (χ3v) is 3.99. The fourth-order valence-electron chi connectivity index (χ4n) is 1.75. The monoisotopic (exact) mass is 285 g/mol. The lowest BCUT2D eigenvalue weighted by Gasteiger charge is -2.17. The van der Waals surface area contributed by atoms with Crippen molar-refractivity contribution in [1.29, 1.82) is 0 Å². The maximum Gasteiger partial charge on any atom is 0.338 e. The topological polar surface area (TPSA) is 40.5 Å². The zero-order valence-electron chi connectivity index (χ0n) is 11.4. The highest BCUT2D eigenvalue weighted by atomic mass is 32.2. The Morgan fingerprint density at radius 3 is 2.58 bits per heavy atom. The summed E-state index contributed by atoms with van der Waals surface area (Å²) < 4.78 is 13.4. The number of rotatable bonds is 8. The van der Waals surface area contributed by atoms with Crippen LogP contribution in [-0.2, 0) is 5.75 Å². The molecule has 1 aromatic rings. The molecule has 0 radical (unpaired) electrons. The van der Waals surface area contributed by atoms with Crippen molar-refractivity contribution in [2.75, 3.05) is 25.4 Å². The molecule has 0 aromatic heterocycles. The van der Waals surface area contributed by atoms with Gasteiger partial charge in [0.25, 0.3) is 0 Å². The zero-order valence-corrected chi connectivity index (χ0v) is 12.2. The van der Waals surface area contributed by atoms with Crippen molar-refractivity contribution in [3.05, 3.63) is 35.1 Å². The summed E-state index contributed by atoms with van der Waals surface area (Å²) in [5, 5.41) is 8.74. The van der Waals surface area contributed by atoms with Crippen LogP contribution in [0.2, 0.25) is 0 Å². The average Bonchev–Trinajstić information content (AvgIpc) is 2.38. The lowest BCUT2D eigenvalue weighted by molar-refractivity contribution is 0.0692. The van der Waals surface area contributed by atoms with E-state index in [1.54, 1.807) is 17.8 Å². The Balaban J connectivity index is 2.42. The molecule has 0 aliphatic heterocycles. The molecule has 0 aliphatic carbocycles. The van der Waals surface area contributed by atoms with E-state index in [0.717, 1.165) is 31.0 Å². The lowest BCUT2D eigenvalue weighted by atomic mass is 10.1. The summed E-state index contributed by atoms with van der Waals surface area (Å²) in [5.41, 5.74) is 0.559. The van der Waals surface area contributed by atoms with E-state index in [-0.39, 0.29) is 5.56 Å². The van der Waals surface area contributed by atoms with Crippen LogP contribution in [-0.4, -0.2) is 41.4 Å². The molecule has 0 unspecified atom stereocenters. The van der Waals surface area contributed by atoms with Crippen molar-refractivity contribution < 1.29 is 14.3 Å². The average molecular weight is 285 g/mol. The SMILES string of the molecule is CCN(CC)CCSCc1ccc(C(=O)O)c(F)c1. The normalized spacial score (nSPS) is 10.9. The third-order valence-electron chi connectivity index (χ3n) is 2.98. The van der Waals surface area contributed by atoms with Crippen LogP contribution in [0.5, 0.6) is 0 Å². The molecule has 0 spiro atoms. The summed E-state index contributed by atoms with van der Waals surface area (Å²) in [6.07, 6.45) is 0. The van der Waals surface area contributed by atoms with Gasteiger partial charge >= 0.3 is 5.97 Å². The Kier molecular flexibility index (Phi) is 6.87. The molecule has 106 valence electrons. The summed E-state index contributed by atoms with van der Waals surface area (Å²) in [5.74, 6) is -0.185. The van der Waals surface area contributed by atoms with Crippen molar-refractivity contribution in [3.8, 4) is 0 Å². The van der Waals surface area contributed by atoms with E-state index in [4.69, 9.17) is 5.11 Å². The number of hydrogen-bond acceptors (Lipinski definition) is 3. The highest BCUT2D eigenvalue weighted by Crippen LogP contribution is 2.16. The molecule has 1 rings (SSSR count). The van der Waals surface area contributed by atoms with Gasteiger partial charge in [-0.25, -0.2) is 9.18 Å². The molecule has 19 heavy (non-hydrogen) atoms. The number of benzene rings is 1. The van der Waals surface area contributed by atoms with Crippen LogP contribution >= 0.6 is 11.8 Å². The number of carbonyl (C=O) groups is 1. The number of hydrogen-bond donors (Lipinski definition) is 1. The molecule has 0 amide bonds. The molecule has 0 aliphatic rings. The van der Waals surface area contributed by atoms with E-state index in [1.807, 2.05) is 0 Å². The van der Waals surface area contributed by atoms with Crippen LogP contribution < -0.4 is 0 Å². The zero-order chi connectivity index (χ0) is 14.3. The first-order valence-corrected chi connectivity index (χ1v) is 7.55. The van der Waals surface area contributed by atoms with Gasteiger partial charge in [0.05, 0.1) is 5.56 Å². The molecule has 0 saturated heterocycles. The van der Waals surface area contributed by atoms with Crippen molar-refractivity contribution in [2.24, 2.45) is 0 Å². The maximum atomic E-state index is 13.4. The second-order valence-electron chi connectivity index (χ2n) is 4.20. The molecular formula is C14H20FNO2S. The summed E-state index contributed by atoms with van der Waals surface area (Å²) in [7, 11) is 0. The summed E-state index contributed by atoms with van der Waals surface area (Å²) in [6, 6.07) is 4.32. The van der Waals surface area contributed by atoms with Crippen LogP contribution in [0.4, 0.5) is 4.39 Å². The standard InChI is InChI=1S/C14H20FNO2S/c1-3-16(4-2)7-8-19-10-11-5-6-12(14(17)18)13(15)9-11/h5-6,9H,3-4,7-8,10H2,1-2H3,(H,17,18). The van der Waals surface area contributed by atoms with Gasteiger partial charge < -0.3 is 10.0 Å². The largest absolute Gasteiger partial charge is 0.478 e. The molecule has 1 aromatic carbocycles. The molecular weight excluding hydrogens is 265 g/mol. The highest BCUT2D eigenvalue weighted by molar-refractivity contribution is 7.98. The first kappa shape index (κ1) is 16.0. The van der Waals surface area contributed by atoms with E-state index < -0.39 is 11.8 Å². The number of carboxylic acid groups (broad SMARTS) is 1. The smallest absolute Gasteiger partial charge is 0.338 e. The van der Waals surface area contributed by atoms with E-state index in [2.05, 4.69) is 18.7 Å². The fraction of sp³-hybridized carbons (Fsp3) is 0.500. The van der Waals surface area contributed by atoms with Crippen LogP contribution in [0.1, 0.15) is 29.8 Å². The minimum atomic E-state index is -1.22. The van der Waals surface area contributed by atoms with Gasteiger partial charge in [0, 0.05) is 18.1 Å². The fourth-order valence-corrected chi connectivity index (χ4v) is 2.69. The van der Waals surface area contributed by atoms with Gasteiger partial charge in [-0.05, 0) is 30.8 Å². The first-order chi connectivity index (χ1) is 9.08. The molecule has 0 bridgehead atoms. The van der Waals surface area contributed by atoms with Crippen LogP contribution in [0, 0.1) is 5.82 Å². The van der Waals surface area contributed by atoms with Gasteiger partial charge in [0.15, 0.2) is 0 Å². The van der Waals surface area contributed by atoms with Crippen LogP contribution in [0.15, 0.2) is 18.2 Å². The summed E-state index contributed by atoms with van der Waals surface area (Å²) in [6.45, 7) is 7.37. The number of thioether (sulfide) groups is 1. The molecule has 0 fully saturated rings. The minimum absolute atomic E-state index is 0.267. The Labute approximate surface area is 117 Å². The van der Waals surface area contributed by atoms with Gasteiger partial charge in [0.2, 0.25) is 0 Å². The predicted molar refractivity (Wildman–Crippen MR) is 77.3 cm³/mol. The van der Waals surface area contributed by atoms with Gasteiger partial charge in [-0.3, -0.25) is 0 Å². The molecule has 0 atom stereocenters. The molecule has 1 N–H and O–H groups in total. The number of carboxylic acids is 1. The Hall–Kier alpha value is -1.07. The van der Waals surface area contributed by atoms with Crippen LogP contribution in [0.25, 0.3) is 0 Å². The molecule has 0 heterocycles. The van der Waals surface area contributed by atoms with E-state index in [9.17, 15) is 9.18 Å². The number of aromatic carboxylic acids is 1. The maximum absolute atomic E-state index is 13.4. The van der Waals surface area contributed by atoms with Crippen molar-refractivity contribution in [1.82, 2.24) is 4.90 Å². The number of halogens is 1. The van der Waals surface area contributed by atoms with Crippen molar-refractivity contribution in [3.63, 3.8) is 0 Å². The minimum Gasteiger partial charge on any atom is -0.478 e. The molecule has 5 heteroatoms. The Bertz CT molecular complexity index is 422. The summed E-state index contributed by atoms with van der Waals surface area (Å²) in [4.78, 5) is 13.0. The van der Waals surface area contributed by atoms with Crippen molar-refractivity contribution >= 4 is 17.7 Å². The Morgan fingerprint density at radius 1 is 1.37 bits per heavy atom. The van der Waals surface area contributed by atoms with E-state index >= 15 is 0 Å². The third kappa shape index (κ3) is 5.20. The second-order valence-corrected chi connectivity index (χ2v) is 5.30. The van der Waals surface area contributed by atoms with Gasteiger partial charge in [-0.2, -0.15) is 11.8 Å².